The molecule has 0 atom stereocenters. The van der Waals surface area contributed by atoms with Crippen molar-refractivity contribution in [1.29, 1.82) is 5.26 Å². The fourth-order valence-electron chi connectivity index (χ4n) is 3.43. The van der Waals surface area contributed by atoms with Gasteiger partial charge in [-0.1, -0.05) is 72.8 Å². The molecule has 0 fully saturated rings. The summed E-state index contributed by atoms with van der Waals surface area (Å²) < 4.78 is 0. The Morgan fingerprint density at radius 3 is 1.97 bits per heavy atom. The van der Waals surface area contributed by atoms with Gasteiger partial charge in [-0.2, -0.15) is 5.26 Å². The Morgan fingerprint density at radius 2 is 1.43 bits per heavy atom. The zero-order valence-electron chi connectivity index (χ0n) is 16.8. The standard InChI is InChI=1S/C25H23N3O2/c1-19(29)28(23-15-9-8-14-22(23)18-26)17-16-27-25(30)24(20-10-4-2-5-11-20)21-12-6-3-7-13-21/h2-15,24H,16-17H2,1H3,(H,27,30). The predicted molar refractivity (Wildman–Crippen MR) is 117 cm³/mol. The number of carbonyl (C=O) groups is 2. The summed E-state index contributed by atoms with van der Waals surface area (Å²) in [6.45, 7) is 2.00. The van der Waals surface area contributed by atoms with E-state index in [0.29, 0.717) is 11.3 Å². The Kier molecular flexibility index (Phi) is 6.96. The first-order valence-electron chi connectivity index (χ1n) is 9.76. The van der Waals surface area contributed by atoms with Crippen molar-refractivity contribution in [2.24, 2.45) is 0 Å². The average Bonchev–Trinajstić information content (AvgIpc) is 2.78. The number of carbonyl (C=O) groups excluding carboxylic acids is 2. The molecular weight excluding hydrogens is 374 g/mol. The van der Waals surface area contributed by atoms with E-state index >= 15 is 0 Å². The third-order valence-electron chi connectivity index (χ3n) is 4.86. The van der Waals surface area contributed by atoms with E-state index in [-0.39, 0.29) is 24.9 Å². The third kappa shape index (κ3) is 4.92. The molecule has 5 heteroatoms. The van der Waals surface area contributed by atoms with Crippen molar-refractivity contribution < 1.29 is 9.59 Å². The Balaban J connectivity index is 1.75. The zero-order chi connectivity index (χ0) is 21.3. The van der Waals surface area contributed by atoms with Crippen LogP contribution >= 0.6 is 0 Å². The molecule has 150 valence electrons. The van der Waals surface area contributed by atoms with Crippen LogP contribution in [0.2, 0.25) is 0 Å². The molecule has 5 nitrogen and oxygen atoms in total. The first kappa shape index (κ1) is 20.8. The topological polar surface area (TPSA) is 73.2 Å². The number of para-hydroxylation sites is 1. The maximum Gasteiger partial charge on any atom is 0.232 e. The van der Waals surface area contributed by atoms with Crippen molar-refractivity contribution >= 4 is 17.5 Å². The molecule has 30 heavy (non-hydrogen) atoms. The van der Waals surface area contributed by atoms with Crippen LogP contribution in [0.15, 0.2) is 84.9 Å². The van der Waals surface area contributed by atoms with E-state index in [1.54, 1.807) is 24.3 Å². The van der Waals surface area contributed by atoms with Crippen LogP contribution in [0.3, 0.4) is 0 Å². The molecule has 3 aromatic carbocycles. The van der Waals surface area contributed by atoms with Gasteiger partial charge >= 0.3 is 0 Å². The van der Waals surface area contributed by atoms with Gasteiger partial charge in [0.15, 0.2) is 0 Å². The minimum Gasteiger partial charge on any atom is -0.353 e. The van der Waals surface area contributed by atoms with Gasteiger partial charge < -0.3 is 10.2 Å². The average molecular weight is 397 g/mol. The summed E-state index contributed by atoms with van der Waals surface area (Å²) in [4.78, 5) is 26.8. The number of nitriles is 1. The molecule has 0 aromatic heterocycles. The smallest absolute Gasteiger partial charge is 0.232 e. The van der Waals surface area contributed by atoms with Crippen molar-refractivity contribution in [1.82, 2.24) is 5.32 Å². The number of anilines is 1. The summed E-state index contributed by atoms with van der Waals surface area (Å²) in [5, 5.41) is 12.3. The highest BCUT2D eigenvalue weighted by molar-refractivity contribution is 5.93. The van der Waals surface area contributed by atoms with Gasteiger partial charge in [-0.05, 0) is 23.3 Å². The van der Waals surface area contributed by atoms with Gasteiger partial charge in [0, 0.05) is 20.0 Å². The van der Waals surface area contributed by atoms with E-state index in [1.165, 1.54) is 11.8 Å². The minimum absolute atomic E-state index is 0.135. The summed E-state index contributed by atoms with van der Waals surface area (Å²) in [6.07, 6.45) is 0. The number of amides is 2. The molecule has 0 spiro atoms. The monoisotopic (exact) mass is 397 g/mol. The molecule has 0 radical (unpaired) electrons. The summed E-state index contributed by atoms with van der Waals surface area (Å²) >= 11 is 0. The van der Waals surface area contributed by atoms with Crippen molar-refractivity contribution in [3.8, 4) is 6.07 Å². The first-order chi connectivity index (χ1) is 14.6. The summed E-state index contributed by atoms with van der Waals surface area (Å²) in [6, 6.07) is 28.3. The van der Waals surface area contributed by atoms with Gasteiger partial charge in [0.05, 0.1) is 17.2 Å². The summed E-state index contributed by atoms with van der Waals surface area (Å²) in [5.74, 6) is -0.760. The van der Waals surface area contributed by atoms with Gasteiger partial charge in [-0.3, -0.25) is 9.59 Å². The quantitative estimate of drug-likeness (QED) is 0.658. The van der Waals surface area contributed by atoms with E-state index in [2.05, 4.69) is 11.4 Å². The molecular formula is C25H23N3O2. The van der Waals surface area contributed by atoms with E-state index in [0.717, 1.165) is 11.1 Å². The lowest BCUT2D eigenvalue weighted by Gasteiger charge is -2.23. The van der Waals surface area contributed by atoms with E-state index < -0.39 is 5.92 Å². The maximum atomic E-state index is 13.1. The third-order valence-corrected chi connectivity index (χ3v) is 4.86. The molecule has 3 rings (SSSR count). The van der Waals surface area contributed by atoms with Crippen molar-refractivity contribution in [3.63, 3.8) is 0 Å². The predicted octanol–water partition coefficient (Wildman–Crippen LogP) is 3.86. The molecule has 0 bridgehead atoms. The number of hydrogen-bond acceptors (Lipinski definition) is 3. The Morgan fingerprint density at radius 1 is 0.900 bits per heavy atom. The highest BCUT2D eigenvalue weighted by atomic mass is 16.2. The molecule has 0 aliphatic heterocycles. The van der Waals surface area contributed by atoms with Crippen LogP contribution in [-0.2, 0) is 9.59 Å². The Bertz CT molecular complexity index is 1000. The lowest BCUT2D eigenvalue weighted by atomic mass is 9.90. The van der Waals surface area contributed by atoms with Crippen LogP contribution in [0.25, 0.3) is 0 Å². The fourth-order valence-corrected chi connectivity index (χ4v) is 3.43. The van der Waals surface area contributed by atoms with Gasteiger partial charge in [-0.15, -0.1) is 0 Å². The van der Waals surface area contributed by atoms with E-state index in [4.69, 9.17) is 0 Å². The highest BCUT2D eigenvalue weighted by Gasteiger charge is 2.23. The molecule has 0 aliphatic carbocycles. The van der Waals surface area contributed by atoms with Gasteiger partial charge in [0.25, 0.3) is 0 Å². The SMILES string of the molecule is CC(=O)N(CCNC(=O)C(c1ccccc1)c1ccccc1)c1ccccc1C#N. The number of nitrogens with one attached hydrogen (secondary N) is 1. The lowest BCUT2D eigenvalue weighted by Crippen LogP contribution is -2.39. The number of benzene rings is 3. The maximum absolute atomic E-state index is 13.1. The molecule has 1 N–H and O–H groups in total. The van der Waals surface area contributed by atoms with Gasteiger partial charge in [0.1, 0.15) is 6.07 Å². The van der Waals surface area contributed by atoms with Crippen LogP contribution in [0.1, 0.15) is 29.5 Å². The Labute approximate surface area is 176 Å². The van der Waals surface area contributed by atoms with Crippen molar-refractivity contribution in [3.05, 3.63) is 102 Å². The summed E-state index contributed by atoms with van der Waals surface area (Å²) in [5.41, 5.74) is 2.77. The molecule has 0 aliphatic rings. The number of hydrogen-bond donors (Lipinski definition) is 1. The first-order valence-corrected chi connectivity index (χ1v) is 9.76. The normalized spacial score (nSPS) is 10.3. The van der Waals surface area contributed by atoms with Crippen LogP contribution < -0.4 is 10.2 Å². The zero-order valence-corrected chi connectivity index (χ0v) is 16.8. The fraction of sp³-hybridized carbons (Fsp3) is 0.160. The molecule has 0 unspecified atom stereocenters. The second kappa shape index (κ2) is 10.0. The van der Waals surface area contributed by atoms with Crippen LogP contribution in [-0.4, -0.2) is 24.9 Å². The second-order valence-corrected chi connectivity index (χ2v) is 6.85. The summed E-state index contributed by atoms with van der Waals surface area (Å²) in [7, 11) is 0. The molecule has 2 amide bonds. The second-order valence-electron chi connectivity index (χ2n) is 6.85. The minimum atomic E-state index is -0.440. The van der Waals surface area contributed by atoms with E-state index in [9.17, 15) is 14.9 Å². The van der Waals surface area contributed by atoms with Crippen molar-refractivity contribution in [2.45, 2.75) is 12.8 Å². The molecule has 0 saturated heterocycles. The van der Waals surface area contributed by atoms with Crippen LogP contribution in [0, 0.1) is 11.3 Å². The van der Waals surface area contributed by atoms with Gasteiger partial charge in [-0.25, -0.2) is 0 Å². The van der Waals surface area contributed by atoms with Crippen molar-refractivity contribution in [2.75, 3.05) is 18.0 Å². The number of nitrogens with zero attached hydrogens (tertiary/aromatic N) is 2. The lowest BCUT2D eigenvalue weighted by molar-refractivity contribution is -0.122. The Hall–Kier alpha value is -3.91. The molecule has 3 aromatic rings. The number of rotatable bonds is 7. The largest absolute Gasteiger partial charge is 0.353 e. The van der Waals surface area contributed by atoms with Gasteiger partial charge in [0.2, 0.25) is 11.8 Å². The van der Waals surface area contributed by atoms with E-state index in [1.807, 2.05) is 60.7 Å². The molecule has 0 heterocycles. The molecule has 0 saturated carbocycles. The van der Waals surface area contributed by atoms with Crippen LogP contribution in [0.5, 0.6) is 0 Å². The van der Waals surface area contributed by atoms with Crippen LogP contribution in [0.4, 0.5) is 5.69 Å². The highest BCUT2D eigenvalue weighted by Crippen LogP contribution is 2.25.